The number of fused-ring (bicyclic) bond motifs is 1. The molecule has 2 aromatic rings. The molecular formula is C23H26N2O8S. The maximum atomic E-state index is 12.7. The van der Waals surface area contributed by atoms with Gasteiger partial charge in [0.25, 0.3) is 5.91 Å². The lowest BCUT2D eigenvalue weighted by molar-refractivity contribution is -0.152. The zero-order valence-corrected chi connectivity index (χ0v) is 19.5. The number of nitrogens with zero attached hydrogens (tertiary/aromatic N) is 1. The molecular weight excluding hydrogens is 464 g/mol. The van der Waals surface area contributed by atoms with E-state index in [0.717, 1.165) is 0 Å². The second-order valence-electron chi connectivity index (χ2n) is 7.82. The number of carbonyl (C=O) groups excluding carboxylic acids is 2. The summed E-state index contributed by atoms with van der Waals surface area (Å²) in [5.41, 5.74) is 1.07. The molecule has 2 aliphatic heterocycles. The Balaban J connectivity index is 1.30. The average Bonchev–Trinajstić information content (AvgIpc) is 2.84. The molecule has 1 N–H and O–H groups in total. The molecule has 1 fully saturated rings. The number of ether oxygens (including phenoxy) is 4. The fourth-order valence-electron chi connectivity index (χ4n) is 3.55. The molecule has 0 bridgehead atoms. The van der Waals surface area contributed by atoms with Gasteiger partial charge in [-0.1, -0.05) is 6.07 Å². The van der Waals surface area contributed by atoms with Gasteiger partial charge in [-0.05, 0) is 48.9 Å². The highest BCUT2D eigenvalue weighted by atomic mass is 32.2. The van der Waals surface area contributed by atoms with E-state index >= 15 is 0 Å². The maximum Gasteiger partial charge on any atom is 0.311 e. The van der Waals surface area contributed by atoms with Gasteiger partial charge in [0.1, 0.15) is 13.2 Å². The van der Waals surface area contributed by atoms with Gasteiger partial charge in [-0.25, -0.2) is 8.42 Å². The zero-order valence-electron chi connectivity index (χ0n) is 18.7. The van der Waals surface area contributed by atoms with Gasteiger partial charge in [-0.3, -0.25) is 9.59 Å². The van der Waals surface area contributed by atoms with Crippen molar-refractivity contribution < 1.29 is 37.0 Å². The van der Waals surface area contributed by atoms with Crippen LogP contribution in [0.2, 0.25) is 0 Å². The van der Waals surface area contributed by atoms with Crippen LogP contribution in [0.3, 0.4) is 0 Å². The molecule has 0 aromatic heterocycles. The number of morpholine rings is 1. The van der Waals surface area contributed by atoms with E-state index < -0.39 is 28.0 Å². The van der Waals surface area contributed by atoms with Gasteiger partial charge in [0.2, 0.25) is 10.0 Å². The minimum atomic E-state index is -3.62. The summed E-state index contributed by atoms with van der Waals surface area (Å²) in [6.45, 7) is 3.71. The number of carbonyl (C=O) groups is 2. The second kappa shape index (κ2) is 10.4. The predicted molar refractivity (Wildman–Crippen MR) is 121 cm³/mol. The van der Waals surface area contributed by atoms with E-state index in [0.29, 0.717) is 62.3 Å². The Morgan fingerprint density at radius 3 is 2.38 bits per heavy atom. The molecule has 2 heterocycles. The van der Waals surface area contributed by atoms with Gasteiger partial charge in [0.05, 0.1) is 24.5 Å². The Kier molecular flexibility index (Phi) is 7.35. The largest absolute Gasteiger partial charge is 0.486 e. The highest BCUT2D eigenvalue weighted by Crippen LogP contribution is 2.31. The third-order valence-corrected chi connectivity index (χ3v) is 7.28. The van der Waals surface area contributed by atoms with E-state index in [4.69, 9.17) is 18.9 Å². The molecule has 0 spiro atoms. The molecule has 10 nitrogen and oxygen atoms in total. The van der Waals surface area contributed by atoms with E-state index in [1.54, 1.807) is 18.2 Å². The quantitative estimate of drug-likeness (QED) is 0.581. The van der Waals surface area contributed by atoms with Crippen molar-refractivity contribution in [3.63, 3.8) is 0 Å². The van der Waals surface area contributed by atoms with Crippen molar-refractivity contribution in [1.82, 2.24) is 4.31 Å². The number of sulfonamides is 1. The van der Waals surface area contributed by atoms with Crippen molar-refractivity contribution in [2.24, 2.45) is 0 Å². The summed E-state index contributed by atoms with van der Waals surface area (Å²) in [6, 6.07) is 11.0. The Bertz CT molecular complexity index is 1140. The lowest BCUT2D eigenvalue weighted by atomic mass is 10.1. The highest BCUT2D eigenvalue weighted by Gasteiger charge is 2.26. The Morgan fingerprint density at radius 1 is 1.00 bits per heavy atom. The lowest BCUT2D eigenvalue weighted by Crippen LogP contribution is -2.40. The topological polar surface area (TPSA) is 120 Å². The number of hydrogen-bond donors (Lipinski definition) is 1. The van der Waals surface area contributed by atoms with E-state index in [9.17, 15) is 18.0 Å². The van der Waals surface area contributed by atoms with E-state index in [1.807, 2.05) is 0 Å². The van der Waals surface area contributed by atoms with Crippen LogP contribution in [0.25, 0.3) is 0 Å². The first kappa shape index (κ1) is 24.0. The lowest BCUT2D eigenvalue weighted by Gasteiger charge is -2.26. The first-order chi connectivity index (χ1) is 16.3. The molecule has 182 valence electrons. The van der Waals surface area contributed by atoms with Crippen molar-refractivity contribution in [2.45, 2.75) is 24.3 Å². The van der Waals surface area contributed by atoms with Crippen molar-refractivity contribution in [1.29, 1.82) is 0 Å². The molecule has 2 aliphatic rings. The highest BCUT2D eigenvalue weighted by molar-refractivity contribution is 7.89. The molecule has 0 aliphatic carbocycles. The van der Waals surface area contributed by atoms with Crippen molar-refractivity contribution in [3.05, 3.63) is 48.0 Å². The molecule has 0 radical (unpaired) electrons. The molecule has 1 atom stereocenters. The second-order valence-corrected chi connectivity index (χ2v) is 9.75. The number of anilines is 1. The summed E-state index contributed by atoms with van der Waals surface area (Å²) in [6.07, 6.45) is -1.07. The third-order valence-electron chi connectivity index (χ3n) is 5.36. The van der Waals surface area contributed by atoms with Crippen LogP contribution in [0.1, 0.15) is 12.5 Å². The van der Waals surface area contributed by atoms with E-state index in [2.05, 4.69) is 5.32 Å². The molecule has 2 aromatic carbocycles. The molecule has 34 heavy (non-hydrogen) atoms. The summed E-state index contributed by atoms with van der Waals surface area (Å²) < 4.78 is 48.2. The monoisotopic (exact) mass is 490 g/mol. The van der Waals surface area contributed by atoms with Crippen LogP contribution in [-0.2, 0) is 35.5 Å². The van der Waals surface area contributed by atoms with Crippen LogP contribution in [0.15, 0.2) is 47.4 Å². The first-order valence-corrected chi connectivity index (χ1v) is 12.3. The predicted octanol–water partition coefficient (Wildman–Crippen LogP) is 1.59. The van der Waals surface area contributed by atoms with Gasteiger partial charge in [0.15, 0.2) is 17.6 Å². The van der Waals surface area contributed by atoms with Crippen LogP contribution < -0.4 is 14.8 Å². The van der Waals surface area contributed by atoms with Crippen LogP contribution >= 0.6 is 0 Å². The average molecular weight is 491 g/mol. The third kappa shape index (κ3) is 5.66. The normalized spacial score (nSPS) is 17.0. The van der Waals surface area contributed by atoms with Crippen molar-refractivity contribution in [2.75, 3.05) is 44.8 Å². The van der Waals surface area contributed by atoms with Crippen LogP contribution in [0.5, 0.6) is 11.5 Å². The smallest absolute Gasteiger partial charge is 0.311 e. The fourth-order valence-corrected chi connectivity index (χ4v) is 4.95. The molecule has 1 amide bonds. The standard InChI is InChI=1S/C23H26N2O8S/c1-16(33-22(26)15-17-2-7-20-21(14-17)32-13-12-31-20)23(27)24-18-3-5-19(6-4-18)34(28,29)25-8-10-30-11-9-25/h2-7,14,16H,8-13,15H2,1H3,(H,24,27). The van der Waals surface area contributed by atoms with Gasteiger partial charge in [-0.15, -0.1) is 0 Å². The molecule has 4 rings (SSSR count). The van der Waals surface area contributed by atoms with E-state index in [-0.39, 0.29) is 11.3 Å². The molecule has 1 unspecified atom stereocenters. The fraction of sp³-hybridized carbons (Fsp3) is 0.391. The molecule has 11 heteroatoms. The Hall–Kier alpha value is -3.15. The van der Waals surface area contributed by atoms with Crippen LogP contribution in [0, 0.1) is 0 Å². The summed E-state index contributed by atoms with van der Waals surface area (Å²) in [5.74, 6) is 0.104. The number of benzene rings is 2. The minimum Gasteiger partial charge on any atom is -0.486 e. The van der Waals surface area contributed by atoms with Crippen LogP contribution in [-0.4, -0.2) is 70.2 Å². The zero-order chi connectivity index (χ0) is 24.1. The van der Waals surface area contributed by atoms with E-state index in [1.165, 1.54) is 35.5 Å². The Labute approximate surface area is 197 Å². The number of hydrogen-bond acceptors (Lipinski definition) is 8. The SMILES string of the molecule is CC(OC(=O)Cc1ccc2c(c1)OCCO2)C(=O)Nc1ccc(S(=O)(=O)N2CCOCC2)cc1. The number of rotatable bonds is 7. The summed E-state index contributed by atoms with van der Waals surface area (Å²) in [7, 11) is -3.62. The number of nitrogens with one attached hydrogen (secondary N) is 1. The summed E-state index contributed by atoms with van der Waals surface area (Å²) in [4.78, 5) is 24.9. The van der Waals surface area contributed by atoms with Crippen LogP contribution in [0.4, 0.5) is 5.69 Å². The first-order valence-electron chi connectivity index (χ1n) is 10.9. The number of esters is 1. The summed E-state index contributed by atoms with van der Waals surface area (Å²) in [5, 5.41) is 2.63. The minimum absolute atomic E-state index is 0.0254. The Morgan fingerprint density at radius 2 is 1.68 bits per heavy atom. The molecule has 0 saturated carbocycles. The van der Waals surface area contributed by atoms with Gasteiger partial charge >= 0.3 is 5.97 Å². The van der Waals surface area contributed by atoms with Gasteiger partial charge in [-0.2, -0.15) is 4.31 Å². The van der Waals surface area contributed by atoms with Gasteiger partial charge < -0.3 is 24.3 Å². The summed E-state index contributed by atoms with van der Waals surface area (Å²) >= 11 is 0. The van der Waals surface area contributed by atoms with Crippen molar-refractivity contribution >= 4 is 27.6 Å². The maximum absolute atomic E-state index is 12.7. The molecule has 1 saturated heterocycles. The van der Waals surface area contributed by atoms with Gasteiger partial charge in [0, 0.05) is 18.8 Å². The van der Waals surface area contributed by atoms with Crippen molar-refractivity contribution in [3.8, 4) is 11.5 Å². The number of amides is 1.